The minimum absolute atomic E-state index is 0.241. The van der Waals surface area contributed by atoms with Crippen molar-refractivity contribution in [3.8, 4) is 5.75 Å². The summed E-state index contributed by atoms with van der Waals surface area (Å²) in [5.74, 6) is -0.0388. The van der Waals surface area contributed by atoms with E-state index in [-0.39, 0.29) is 5.56 Å². The number of carbonyl (C=O) groups is 1. The monoisotopic (exact) mass is 442 g/mol. The van der Waals surface area contributed by atoms with Crippen molar-refractivity contribution >= 4 is 39.1 Å². The van der Waals surface area contributed by atoms with Crippen molar-refractivity contribution in [3.05, 3.63) is 78.4 Å². The van der Waals surface area contributed by atoms with Gasteiger partial charge in [-0.15, -0.1) is 0 Å². The molecule has 8 heteroatoms. The highest BCUT2D eigenvalue weighted by Crippen LogP contribution is 2.34. The number of hydrogen-bond acceptors (Lipinski definition) is 5. The topological polar surface area (TPSA) is 75.7 Å². The minimum Gasteiger partial charge on any atom is -0.496 e. The van der Waals surface area contributed by atoms with Gasteiger partial charge >= 0.3 is 0 Å². The van der Waals surface area contributed by atoms with Gasteiger partial charge in [-0.25, -0.2) is 8.42 Å². The summed E-state index contributed by atoms with van der Waals surface area (Å²) >= 11 is 1.54. The molecule has 0 aromatic heterocycles. The highest BCUT2D eigenvalue weighted by atomic mass is 32.2. The van der Waals surface area contributed by atoms with Gasteiger partial charge in [0, 0.05) is 16.8 Å². The van der Waals surface area contributed by atoms with Crippen LogP contribution in [0.3, 0.4) is 0 Å². The third-order valence-electron chi connectivity index (χ3n) is 4.40. The third-order valence-corrected chi connectivity index (χ3v) is 6.68. The predicted molar refractivity (Wildman–Crippen MR) is 121 cm³/mol. The standard InChI is InChI=1S/C22H22N2O4S2/c1-24(30(3,26)27)16-13-14-20(28-2)18(15-16)22(25)23-19-11-7-8-12-21(19)29-17-9-5-4-6-10-17/h4-15H,1-3H3,(H,23,25). The molecule has 0 spiro atoms. The Morgan fingerprint density at radius 1 is 1.00 bits per heavy atom. The van der Waals surface area contributed by atoms with Crippen LogP contribution >= 0.6 is 11.8 Å². The van der Waals surface area contributed by atoms with Gasteiger partial charge in [-0.1, -0.05) is 42.1 Å². The van der Waals surface area contributed by atoms with Crippen LogP contribution in [0.5, 0.6) is 5.75 Å². The molecule has 156 valence electrons. The number of anilines is 2. The first-order chi connectivity index (χ1) is 14.3. The Labute approximate surface area is 180 Å². The molecular weight excluding hydrogens is 420 g/mol. The van der Waals surface area contributed by atoms with E-state index in [4.69, 9.17) is 4.74 Å². The summed E-state index contributed by atoms with van der Waals surface area (Å²) in [5.41, 5.74) is 1.26. The fourth-order valence-electron chi connectivity index (χ4n) is 2.72. The van der Waals surface area contributed by atoms with Crippen LogP contribution in [0, 0.1) is 0 Å². The van der Waals surface area contributed by atoms with Crippen molar-refractivity contribution in [1.82, 2.24) is 0 Å². The van der Waals surface area contributed by atoms with E-state index in [2.05, 4.69) is 5.32 Å². The first-order valence-corrected chi connectivity index (χ1v) is 11.7. The summed E-state index contributed by atoms with van der Waals surface area (Å²) in [6.07, 6.45) is 1.11. The van der Waals surface area contributed by atoms with Gasteiger partial charge in [0.2, 0.25) is 10.0 Å². The molecule has 0 aliphatic rings. The molecule has 0 fully saturated rings. The number of hydrogen-bond donors (Lipinski definition) is 1. The number of benzene rings is 3. The number of para-hydroxylation sites is 1. The quantitative estimate of drug-likeness (QED) is 0.583. The summed E-state index contributed by atoms with van der Waals surface area (Å²) in [6, 6.07) is 22.0. The van der Waals surface area contributed by atoms with E-state index in [0.29, 0.717) is 17.1 Å². The summed E-state index contributed by atoms with van der Waals surface area (Å²) in [4.78, 5) is 15.0. The molecule has 3 rings (SSSR count). The maximum Gasteiger partial charge on any atom is 0.259 e. The van der Waals surface area contributed by atoms with Crippen molar-refractivity contribution in [3.63, 3.8) is 0 Å². The van der Waals surface area contributed by atoms with E-state index >= 15 is 0 Å². The molecule has 1 N–H and O–H groups in total. The van der Waals surface area contributed by atoms with Gasteiger partial charge in [0.1, 0.15) is 5.75 Å². The van der Waals surface area contributed by atoms with Gasteiger partial charge in [0.05, 0.1) is 30.3 Å². The Kier molecular flexibility index (Phi) is 6.69. The second-order valence-electron chi connectivity index (χ2n) is 6.48. The number of sulfonamides is 1. The zero-order valence-electron chi connectivity index (χ0n) is 16.8. The van der Waals surface area contributed by atoms with E-state index < -0.39 is 15.9 Å². The lowest BCUT2D eigenvalue weighted by Crippen LogP contribution is -2.25. The lowest BCUT2D eigenvalue weighted by atomic mass is 10.1. The van der Waals surface area contributed by atoms with Crippen LogP contribution in [0.2, 0.25) is 0 Å². The van der Waals surface area contributed by atoms with Crippen LogP contribution in [0.15, 0.2) is 82.6 Å². The van der Waals surface area contributed by atoms with Crippen LogP contribution in [0.25, 0.3) is 0 Å². The minimum atomic E-state index is -3.46. The zero-order chi connectivity index (χ0) is 21.7. The number of rotatable bonds is 7. The number of nitrogens with zero attached hydrogens (tertiary/aromatic N) is 1. The Morgan fingerprint density at radius 2 is 1.67 bits per heavy atom. The van der Waals surface area contributed by atoms with E-state index in [1.54, 1.807) is 12.1 Å². The molecule has 1 amide bonds. The first-order valence-electron chi connectivity index (χ1n) is 9.05. The maximum atomic E-state index is 13.1. The molecule has 0 saturated heterocycles. The lowest BCUT2D eigenvalue weighted by molar-refractivity contribution is 0.102. The van der Waals surface area contributed by atoms with Crippen LogP contribution in [0.1, 0.15) is 10.4 Å². The lowest BCUT2D eigenvalue weighted by Gasteiger charge is -2.19. The molecule has 6 nitrogen and oxygen atoms in total. The van der Waals surface area contributed by atoms with Crippen molar-refractivity contribution in [2.75, 3.05) is 30.0 Å². The van der Waals surface area contributed by atoms with Gasteiger partial charge in [-0.3, -0.25) is 9.10 Å². The third kappa shape index (κ3) is 5.14. The molecule has 0 bridgehead atoms. The van der Waals surface area contributed by atoms with Crippen LogP contribution in [0.4, 0.5) is 11.4 Å². The second-order valence-corrected chi connectivity index (χ2v) is 9.61. The van der Waals surface area contributed by atoms with Gasteiger partial charge in [-0.2, -0.15) is 0 Å². The van der Waals surface area contributed by atoms with Crippen LogP contribution in [-0.2, 0) is 10.0 Å². The van der Waals surface area contributed by atoms with Gasteiger partial charge < -0.3 is 10.1 Å². The van der Waals surface area contributed by atoms with E-state index in [1.807, 2.05) is 54.6 Å². The first kappa shape index (κ1) is 21.7. The molecule has 0 atom stereocenters. The highest BCUT2D eigenvalue weighted by molar-refractivity contribution is 7.99. The molecule has 3 aromatic rings. The average Bonchev–Trinajstić information content (AvgIpc) is 2.74. The van der Waals surface area contributed by atoms with Crippen molar-refractivity contribution in [2.24, 2.45) is 0 Å². The number of methoxy groups -OCH3 is 1. The summed E-state index contributed by atoms with van der Waals surface area (Å²) in [7, 11) is -0.562. The van der Waals surface area contributed by atoms with Gasteiger partial charge in [0.25, 0.3) is 5.91 Å². The van der Waals surface area contributed by atoms with Gasteiger partial charge in [0.15, 0.2) is 0 Å². The van der Waals surface area contributed by atoms with Crippen LogP contribution < -0.4 is 14.4 Å². The van der Waals surface area contributed by atoms with Crippen molar-refractivity contribution in [1.29, 1.82) is 0 Å². The predicted octanol–water partition coefficient (Wildman–Crippen LogP) is 4.49. The smallest absolute Gasteiger partial charge is 0.259 e. The fourth-order valence-corrected chi connectivity index (χ4v) is 4.14. The summed E-state index contributed by atoms with van der Waals surface area (Å²) in [6.45, 7) is 0. The summed E-state index contributed by atoms with van der Waals surface area (Å²) in [5, 5.41) is 2.92. The number of ether oxygens (including phenoxy) is 1. The molecule has 30 heavy (non-hydrogen) atoms. The Morgan fingerprint density at radius 3 is 2.33 bits per heavy atom. The SMILES string of the molecule is COc1ccc(N(C)S(C)(=O)=O)cc1C(=O)Nc1ccccc1Sc1ccccc1. The molecule has 0 heterocycles. The summed E-state index contributed by atoms with van der Waals surface area (Å²) < 4.78 is 30.2. The van der Waals surface area contributed by atoms with E-state index in [0.717, 1.165) is 20.4 Å². The zero-order valence-corrected chi connectivity index (χ0v) is 18.5. The van der Waals surface area contributed by atoms with Crippen LogP contribution in [-0.4, -0.2) is 34.7 Å². The molecule has 0 radical (unpaired) electrons. The highest BCUT2D eigenvalue weighted by Gasteiger charge is 2.19. The van der Waals surface area contributed by atoms with Crippen molar-refractivity contribution in [2.45, 2.75) is 9.79 Å². The average molecular weight is 443 g/mol. The number of carbonyl (C=O) groups excluding carboxylic acids is 1. The molecule has 0 aliphatic carbocycles. The van der Waals surface area contributed by atoms with Crippen molar-refractivity contribution < 1.29 is 17.9 Å². The largest absolute Gasteiger partial charge is 0.496 e. The molecule has 0 aliphatic heterocycles. The van der Waals surface area contributed by atoms with E-state index in [9.17, 15) is 13.2 Å². The molecule has 0 unspecified atom stereocenters. The van der Waals surface area contributed by atoms with Gasteiger partial charge in [-0.05, 0) is 42.5 Å². The second kappa shape index (κ2) is 9.23. The number of nitrogens with one attached hydrogen (secondary N) is 1. The van der Waals surface area contributed by atoms with E-state index in [1.165, 1.54) is 32.0 Å². The molecule has 0 saturated carbocycles. The Bertz CT molecular complexity index is 1150. The Balaban J connectivity index is 1.91. The fraction of sp³-hybridized carbons (Fsp3) is 0.136. The molecule has 3 aromatic carbocycles. The normalized spacial score (nSPS) is 11.0. The Hall–Kier alpha value is -2.97. The molecular formula is C22H22N2O4S2. The maximum absolute atomic E-state index is 13.1. The number of amides is 1.